The molecule has 0 saturated carbocycles. The van der Waals surface area contributed by atoms with E-state index in [4.69, 9.17) is 4.74 Å². The lowest BCUT2D eigenvalue weighted by Crippen LogP contribution is -2.06. The van der Waals surface area contributed by atoms with Gasteiger partial charge in [0.15, 0.2) is 0 Å². The lowest BCUT2D eigenvalue weighted by atomic mass is 10.2. The van der Waals surface area contributed by atoms with Gasteiger partial charge >= 0.3 is 5.97 Å². The zero-order chi connectivity index (χ0) is 11.4. The molecule has 0 spiro atoms. The van der Waals surface area contributed by atoms with Crippen LogP contribution in [-0.2, 0) is 11.3 Å². The van der Waals surface area contributed by atoms with Crippen LogP contribution in [0.1, 0.15) is 31.1 Å². The Morgan fingerprint density at radius 1 is 1.67 bits per heavy atom. The molecular formula is C10H15IN2O2. The Morgan fingerprint density at radius 3 is 2.87 bits per heavy atom. The fourth-order valence-corrected chi connectivity index (χ4v) is 1.85. The average molecular weight is 322 g/mol. The van der Waals surface area contributed by atoms with E-state index in [1.165, 1.54) is 0 Å². The summed E-state index contributed by atoms with van der Waals surface area (Å²) in [6.07, 6.45) is 1.75. The maximum absolute atomic E-state index is 11.5. The molecule has 0 saturated heterocycles. The van der Waals surface area contributed by atoms with Crippen molar-refractivity contribution in [2.75, 3.05) is 6.61 Å². The first-order valence-corrected chi connectivity index (χ1v) is 6.02. The van der Waals surface area contributed by atoms with Crippen LogP contribution in [0.5, 0.6) is 0 Å². The lowest BCUT2D eigenvalue weighted by molar-refractivity contribution is 0.0525. The zero-order valence-electron chi connectivity index (χ0n) is 9.16. The number of hydrogen-bond acceptors (Lipinski definition) is 3. The van der Waals surface area contributed by atoms with Gasteiger partial charge in [-0.15, -0.1) is 0 Å². The molecule has 1 aromatic heterocycles. The molecule has 0 aliphatic heterocycles. The SMILES string of the molecule is CCOC(=O)c1cn(CC(C)C)nc1I. The Morgan fingerprint density at radius 2 is 2.33 bits per heavy atom. The Bertz CT molecular complexity index is 347. The van der Waals surface area contributed by atoms with Crippen molar-refractivity contribution in [1.29, 1.82) is 0 Å². The van der Waals surface area contributed by atoms with Crippen molar-refractivity contribution in [1.82, 2.24) is 9.78 Å². The highest BCUT2D eigenvalue weighted by atomic mass is 127. The molecule has 0 N–H and O–H groups in total. The number of nitrogens with zero attached hydrogens (tertiary/aromatic N) is 2. The van der Waals surface area contributed by atoms with Gasteiger partial charge in [-0.25, -0.2) is 4.79 Å². The summed E-state index contributed by atoms with van der Waals surface area (Å²) in [7, 11) is 0. The Labute approximate surface area is 103 Å². The Hall–Kier alpha value is -0.590. The van der Waals surface area contributed by atoms with E-state index in [-0.39, 0.29) is 5.97 Å². The Balaban J connectivity index is 2.81. The molecule has 0 aliphatic carbocycles. The summed E-state index contributed by atoms with van der Waals surface area (Å²) in [5, 5.41) is 4.26. The third-order valence-corrected chi connectivity index (χ3v) is 2.56. The molecule has 0 aromatic carbocycles. The summed E-state index contributed by atoms with van der Waals surface area (Å²) in [6, 6.07) is 0. The maximum Gasteiger partial charge on any atom is 0.342 e. The molecule has 0 radical (unpaired) electrons. The van der Waals surface area contributed by atoms with Gasteiger partial charge < -0.3 is 4.74 Å². The second-order valence-corrected chi connectivity index (χ2v) is 4.69. The van der Waals surface area contributed by atoms with Crippen LogP contribution in [-0.4, -0.2) is 22.4 Å². The number of ether oxygens (including phenoxy) is 1. The van der Waals surface area contributed by atoms with E-state index in [9.17, 15) is 4.79 Å². The molecule has 15 heavy (non-hydrogen) atoms. The molecule has 0 fully saturated rings. The minimum absolute atomic E-state index is 0.295. The molecule has 0 unspecified atom stereocenters. The maximum atomic E-state index is 11.5. The van der Waals surface area contributed by atoms with Crippen LogP contribution in [0.25, 0.3) is 0 Å². The molecule has 1 aromatic rings. The van der Waals surface area contributed by atoms with Crippen LogP contribution in [0.15, 0.2) is 6.20 Å². The molecule has 84 valence electrons. The standard InChI is InChI=1S/C10H15IN2O2/c1-4-15-10(14)8-6-13(5-7(2)3)12-9(8)11/h6-7H,4-5H2,1-3H3. The van der Waals surface area contributed by atoms with Gasteiger partial charge in [0.25, 0.3) is 0 Å². The first-order chi connectivity index (χ1) is 7.04. The third-order valence-electron chi connectivity index (χ3n) is 1.76. The van der Waals surface area contributed by atoms with Crippen LogP contribution in [0.4, 0.5) is 0 Å². The summed E-state index contributed by atoms with van der Waals surface area (Å²) >= 11 is 2.05. The number of hydrogen-bond donors (Lipinski definition) is 0. The molecule has 4 nitrogen and oxygen atoms in total. The summed E-state index contributed by atoms with van der Waals surface area (Å²) in [5.74, 6) is 0.215. The molecule has 0 atom stereocenters. The first-order valence-electron chi connectivity index (χ1n) is 4.94. The predicted molar refractivity (Wildman–Crippen MR) is 65.7 cm³/mol. The van der Waals surface area contributed by atoms with Gasteiger partial charge in [-0.3, -0.25) is 4.68 Å². The quantitative estimate of drug-likeness (QED) is 0.631. The minimum atomic E-state index is -0.295. The van der Waals surface area contributed by atoms with Crippen LogP contribution in [0.3, 0.4) is 0 Å². The number of esters is 1. The lowest BCUT2D eigenvalue weighted by Gasteiger charge is -2.03. The van der Waals surface area contributed by atoms with E-state index >= 15 is 0 Å². The average Bonchev–Trinajstić information content (AvgIpc) is 2.46. The van der Waals surface area contributed by atoms with Gasteiger partial charge in [0.1, 0.15) is 9.26 Å². The van der Waals surface area contributed by atoms with Gasteiger partial charge in [0, 0.05) is 12.7 Å². The topological polar surface area (TPSA) is 44.1 Å². The molecule has 1 heterocycles. The minimum Gasteiger partial charge on any atom is -0.462 e. The van der Waals surface area contributed by atoms with E-state index in [2.05, 4.69) is 41.5 Å². The molecule has 0 amide bonds. The van der Waals surface area contributed by atoms with E-state index in [1.807, 2.05) is 0 Å². The smallest absolute Gasteiger partial charge is 0.342 e. The van der Waals surface area contributed by atoms with Crippen molar-refractivity contribution < 1.29 is 9.53 Å². The fraction of sp³-hybridized carbons (Fsp3) is 0.600. The summed E-state index contributed by atoms with van der Waals surface area (Å²) in [6.45, 7) is 7.22. The van der Waals surface area contributed by atoms with E-state index in [1.54, 1.807) is 17.8 Å². The van der Waals surface area contributed by atoms with E-state index in [0.29, 0.717) is 21.8 Å². The van der Waals surface area contributed by atoms with Crippen LogP contribution < -0.4 is 0 Å². The number of carbonyl (C=O) groups excluding carboxylic acids is 1. The van der Waals surface area contributed by atoms with Gasteiger partial charge in [0.05, 0.1) is 6.61 Å². The number of aromatic nitrogens is 2. The highest BCUT2D eigenvalue weighted by molar-refractivity contribution is 14.1. The predicted octanol–water partition coefficient (Wildman–Crippen LogP) is 2.32. The molecular weight excluding hydrogens is 307 g/mol. The van der Waals surface area contributed by atoms with E-state index < -0.39 is 0 Å². The molecule has 1 rings (SSSR count). The fourth-order valence-electron chi connectivity index (χ4n) is 1.21. The van der Waals surface area contributed by atoms with Crippen molar-refractivity contribution in [2.45, 2.75) is 27.3 Å². The molecule has 5 heteroatoms. The summed E-state index contributed by atoms with van der Waals surface area (Å²) < 4.78 is 7.42. The van der Waals surface area contributed by atoms with Crippen molar-refractivity contribution in [2.24, 2.45) is 5.92 Å². The monoisotopic (exact) mass is 322 g/mol. The number of carbonyl (C=O) groups is 1. The number of halogens is 1. The van der Waals surface area contributed by atoms with Crippen LogP contribution in [0.2, 0.25) is 0 Å². The van der Waals surface area contributed by atoms with Crippen molar-refractivity contribution in [3.05, 3.63) is 15.5 Å². The van der Waals surface area contributed by atoms with E-state index in [0.717, 1.165) is 6.54 Å². The van der Waals surface area contributed by atoms with Gasteiger partial charge in [-0.2, -0.15) is 5.10 Å². The van der Waals surface area contributed by atoms with Gasteiger partial charge in [-0.1, -0.05) is 13.8 Å². The molecule has 0 aliphatic rings. The second kappa shape index (κ2) is 5.48. The highest BCUT2D eigenvalue weighted by Crippen LogP contribution is 2.12. The first kappa shape index (κ1) is 12.5. The van der Waals surface area contributed by atoms with Crippen molar-refractivity contribution in [3.63, 3.8) is 0 Å². The molecule has 0 bridgehead atoms. The summed E-state index contributed by atoms with van der Waals surface area (Å²) in [5.41, 5.74) is 0.554. The zero-order valence-corrected chi connectivity index (χ0v) is 11.3. The largest absolute Gasteiger partial charge is 0.462 e. The van der Waals surface area contributed by atoms with Crippen LogP contribution >= 0.6 is 22.6 Å². The Kier molecular flexibility index (Phi) is 4.56. The number of rotatable bonds is 4. The van der Waals surface area contributed by atoms with Crippen LogP contribution in [0, 0.1) is 9.62 Å². The highest BCUT2D eigenvalue weighted by Gasteiger charge is 2.15. The normalized spacial score (nSPS) is 10.7. The van der Waals surface area contributed by atoms with Gasteiger partial charge in [-0.05, 0) is 35.4 Å². The summed E-state index contributed by atoms with van der Waals surface area (Å²) in [4.78, 5) is 11.5. The second-order valence-electron chi connectivity index (χ2n) is 3.67. The van der Waals surface area contributed by atoms with Crippen molar-refractivity contribution in [3.8, 4) is 0 Å². The van der Waals surface area contributed by atoms with Crippen molar-refractivity contribution >= 4 is 28.6 Å². The third kappa shape index (κ3) is 3.48. The van der Waals surface area contributed by atoms with Gasteiger partial charge in [0.2, 0.25) is 0 Å².